The van der Waals surface area contributed by atoms with Gasteiger partial charge in [-0.3, -0.25) is 9.10 Å². The maximum absolute atomic E-state index is 13.2. The summed E-state index contributed by atoms with van der Waals surface area (Å²) < 4.78 is 66.5. The van der Waals surface area contributed by atoms with Crippen molar-refractivity contribution in [2.75, 3.05) is 9.62 Å². The molecule has 5 nitrogen and oxygen atoms in total. The highest BCUT2D eigenvalue weighted by Crippen LogP contribution is 2.37. The number of fused-ring (bicyclic) bond motifs is 1. The van der Waals surface area contributed by atoms with Crippen LogP contribution in [-0.2, 0) is 22.6 Å². The molecule has 1 aliphatic rings. The smallest absolute Gasteiger partial charge is 0.322 e. The topological polar surface area (TPSA) is 66.5 Å². The summed E-state index contributed by atoms with van der Waals surface area (Å²) in [5.41, 5.74) is 0.454. The lowest BCUT2D eigenvalue weighted by Crippen LogP contribution is -2.35. The second-order valence-corrected chi connectivity index (χ2v) is 9.94. The largest absolute Gasteiger partial charge is 0.416 e. The molecule has 4 rings (SSSR count). The Hall–Kier alpha value is -3.04. The van der Waals surface area contributed by atoms with Gasteiger partial charge >= 0.3 is 6.18 Å². The maximum Gasteiger partial charge on any atom is 0.416 e. The molecule has 1 aliphatic heterocycles. The van der Waals surface area contributed by atoms with Gasteiger partial charge in [0, 0.05) is 22.3 Å². The van der Waals surface area contributed by atoms with Crippen LogP contribution in [0.3, 0.4) is 0 Å². The van der Waals surface area contributed by atoms with Gasteiger partial charge in [0.15, 0.2) is 0 Å². The van der Waals surface area contributed by atoms with Crippen molar-refractivity contribution in [3.05, 3.63) is 88.4 Å². The minimum Gasteiger partial charge on any atom is -0.322 e. The van der Waals surface area contributed by atoms with E-state index in [0.29, 0.717) is 22.7 Å². The number of carbonyl (C=O) groups excluding carboxylic acids is 1. The molecule has 0 saturated carbocycles. The summed E-state index contributed by atoms with van der Waals surface area (Å²) >= 11 is 5.87. The number of anilines is 2. The highest BCUT2D eigenvalue weighted by Gasteiger charge is 2.36. The lowest BCUT2D eigenvalue weighted by atomic mass is 10.1. The Kier molecular flexibility index (Phi) is 5.88. The average Bonchev–Trinajstić information content (AvgIpc) is 3.09. The van der Waals surface area contributed by atoms with Crippen LogP contribution in [0.25, 0.3) is 0 Å². The van der Waals surface area contributed by atoms with E-state index in [-0.39, 0.29) is 22.2 Å². The van der Waals surface area contributed by atoms with Crippen LogP contribution in [0.15, 0.2) is 71.6 Å². The monoisotopic (exact) mass is 494 g/mol. The van der Waals surface area contributed by atoms with Crippen molar-refractivity contribution in [1.82, 2.24) is 0 Å². The maximum atomic E-state index is 13.2. The van der Waals surface area contributed by atoms with Crippen molar-refractivity contribution in [2.45, 2.75) is 30.5 Å². The second kappa shape index (κ2) is 8.39. The third-order valence-corrected chi connectivity index (χ3v) is 7.51. The van der Waals surface area contributed by atoms with E-state index in [0.717, 1.165) is 12.1 Å². The Morgan fingerprint density at radius 2 is 1.76 bits per heavy atom. The van der Waals surface area contributed by atoms with Crippen LogP contribution >= 0.6 is 11.6 Å². The molecule has 3 aromatic carbocycles. The molecule has 3 aromatic rings. The first-order valence-corrected chi connectivity index (χ1v) is 11.7. The number of nitrogens with one attached hydrogen (secondary N) is 1. The lowest BCUT2D eigenvalue weighted by Gasteiger charge is -2.24. The highest BCUT2D eigenvalue weighted by atomic mass is 35.5. The van der Waals surface area contributed by atoms with E-state index in [1.165, 1.54) is 52.8 Å². The first-order valence-electron chi connectivity index (χ1n) is 9.88. The molecule has 0 aliphatic carbocycles. The van der Waals surface area contributed by atoms with Gasteiger partial charge in [-0.2, -0.15) is 13.2 Å². The van der Waals surface area contributed by atoms with E-state index in [2.05, 4.69) is 5.32 Å². The van der Waals surface area contributed by atoms with Gasteiger partial charge in [0.1, 0.15) is 0 Å². The zero-order chi connectivity index (χ0) is 24.0. The summed E-state index contributed by atoms with van der Waals surface area (Å²) in [6, 6.07) is 14.4. The van der Waals surface area contributed by atoms with Crippen molar-refractivity contribution in [3.8, 4) is 0 Å². The van der Waals surface area contributed by atoms with Gasteiger partial charge in [-0.15, -0.1) is 0 Å². The minimum atomic E-state index is -4.52. The first kappa shape index (κ1) is 23.1. The Bertz CT molecular complexity index is 1330. The summed E-state index contributed by atoms with van der Waals surface area (Å²) in [6.07, 6.45) is -4.14. The van der Waals surface area contributed by atoms with Crippen molar-refractivity contribution in [3.63, 3.8) is 0 Å². The Labute approximate surface area is 193 Å². The number of amides is 1. The summed E-state index contributed by atoms with van der Waals surface area (Å²) in [5.74, 6) is -0.594. The molecule has 1 heterocycles. The summed E-state index contributed by atoms with van der Waals surface area (Å²) in [6.45, 7) is 1.76. The van der Waals surface area contributed by atoms with Crippen LogP contribution in [-0.4, -0.2) is 20.4 Å². The fourth-order valence-corrected chi connectivity index (χ4v) is 5.63. The van der Waals surface area contributed by atoms with Gasteiger partial charge in [-0.1, -0.05) is 17.7 Å². The van der Waals surface area contributed by atoms with Gasteiger partial charge in [0.05, 0.1) is 16.1 Å². The second-order valence-electron chi connectivity index (χ2n) is 7.68. The lowest BCUT2D eigenvalue weighted by molar-refractivity contribution is -0.137. The van der Waals surface area contributed by atoms with Crippen molar-refractivity contribution in [1.29, 1.82) is 0 Å². The molecule has 0 saturated heterocycles. The number of rotatable bonds is 4. The number of nitrogens with zero attached hydrogens (tertiary/aromatic N) is 1. The number of alkyl halides is 3. The van der Waals surface area contributed by atoms with E-state index in [1.54, 1.807) is 13.0 Å². The van der Waals surface area contributed by atoms with E-state index < -0.39 is 27.7 Å². The molecular formula is C23H18ClF3N2O3S. The summed E-state index contributed by atoms with van der Waals surface area (Å²) in [7, 11) is -3.85. The average molecular weight is 495 g/mol. The quantitative estimate of drug-likeness (QED) is 0.502. The van der Waals surface area contributed by atoms with Crippen LogP contribution in [0.2, 0.25) is 5.02 Å². The number of hydrogen-bond acceptors (Lipinski definition) is 3. The van der Waals surface area contributed by atoms with E-state index in [9.17, 15) is 26.4 Å². The molecule has 0 unspecified atom stereocenters. The summed E-state index contributed by atoms with van der Waals surface area (Å²) in [5, 5.41) is 2.88. The van der Waals surface area contributed by atoms with Crippen LogP contribution in [0.5, 0.6) is 0 Å². The fourth-order valence-electron chi connectivity index (χ4n) is 3.81. The minimum absolute atomic E-state index is 0.00985. The van der Waals surface area contributed by atoms with Gasteiger partial charge < -0.3 is 5.32 Å². The SMILES string of the molecule is C[C@@H]1Cc2cc(C(=O)Nc3cccc(C(F)(F)F)c3)ccc2N1S(=O)(=O)c1ccc(Cl)cc1. The predicted octanol–water partition coefficient (Wildman–Crippen LogP) is 5.75. The molecule has 1 amide bonds. The van der Waals surface area contributed by atoms with Crippen LogP contribution < -0.4 is 9.62 Å². The highest BCUT2D eigenvalue weighted by molar-refractivity contribution is 7.92. The number of halogens is 4. The summed E-state index contributed by atoms with van der Waals surface area (Å²) in [4.78, 5) is 12.7. The molecular weight excluding hydrogens is 477 g/mol. The Morgan fingerprint density at radius 3 is 2.42 bits per heavy atom. The number of benzene rings is 3. The van der Waals surface area contributed by atoms with Gasteiger partial charge in [0.25, 0.3) is 15.9 Å². The van der Waals surface area contributed by atoms with Gasteiger partial charge in [-0.25, -0.2) is 8.42 Å². The molecule has 33 heavy (non-hydrogen) atoms. The normalized spacial score (nSPS) is 15.9. The molecule has 0 spiro atoms. The fraction of sp³-hybridized carbons (Fsp3) is 0.174. The third-order valence-electron chi connectivity index (χ3n) is 5.31. The first-order chi connectivity index (χ1) is 15.5. The third kappa shape index (κ3) is 4.56. The molecule has 0 bridgehead atoms. The van der Waals surface area contributed by atoms with E-state index in [1.807, 2.05) is 0 Å². The van der Waals surface area contributed by atoms with Crippen LogP contribution in [0.4, 0.5) is 24.5 Å². The molecule has 0 aromatic heterocycles. The van der Waals surface area contributed by atoms with Crippen molar-refractivity contribution in [2.24, 2.45) is 0 Å². The molecule has 1 N–H and O–H groups in total. The Balaban J connectivity index is 1.60. The van der Waals surface area contributed by atoms with Crippen LogP contribution in [0, 0.1) is 0 Å². The molecule has 10 heteroatoms. The molecule has 1 atom stereocenters. The molecule has 0 fully saturated rings. The van der Waals surface area contributed by atoms with Crippen molar-refractivity contribution < 1.29 is 26.4 Å². The molecule has 0 radical (unpaired) electrons. The van der Waals surface area contributed by atoms with Gasteiger partial charge in [-0.05, 0) is 79.6 Å². The standard InChI is InChI=1S/C23H18ClF3N2O3S/c1-14-11-16-12-15(22(30)28-19-4-2-3-17(13-19)23(25,26)27)5-10-21(16)29(14)33(31,32)20-8-6-18(24)7-9-20/h2-10,12-14H,11H2,1H3,(H,28,30)/t14-/m1/s1. The Morgan fingerprint density at radius 1 is 1.06 bits per heavy atom. The van der Waals surface area contributed by atoms with E-state index >= 15 is 0 Å². The van der Waals surface area contributed by atoms with E-state index in [4.69, 9.17) is 11.6 Å². The number of sulfonamides is 1. The predicted molar refractivity (Wildman–Crippen MR) is 120 cm³/mol. The van der Waals surface area contributed by atoms with Gasteiger partial charge in [0.2, 0.25) is 0 Å². The number of carbonyl (C=O) groups is 1. The zero-order valence-corrected chi connectivity index (χ0v) is 18.8. The van der Waals surface area contributed by atoms with Crippen molar-refractivity contribution >= 4 is 38.9 Å². The van der Waals surface area contributed by atoms with Crippen LogP contribution in [0.1, 0.15) is 28.4 Å². The zero-order valence-electron chi connectivity index (χ0n) is 17.2. The number of hydrogen-bond donors (Lipinski definition) is 1. The molecule has 172 valence electrons.